The topological polar surface area (TPSA) is 69.4 Å². The zero-order chi connectivity index (χ0) is 24.8. The number of alkyl halides is 3. The van der Waals surface area contributed by atoms with E-state index in [1.54, 1.807) is 18.2 Å². The van der Waals surface area contributed by atoms with Gasteiger partial charge in [-0.3, -0.25) is 4.68 Å². The molecule has 0 amide bonds. The molecule has 0 spiro atoms. The molecule has 3 heterocycles. The maximum Gasteiger partial charge on any atom is 0.435 e. The molecule has 0 N–H and O–H groups in total. The first-order chi connectivity index (χ1) is 15.9. The largest absolute Gasteiger partial charge is 0.494 e. The highest BCUT2D eigenvalue weighted by molar-refractivity contribution is 7.92. The van der Waals surface area contributed by atoms with E-state index in [1.165, 1.54) is 29.3 Å². The number of hydrogen-bond acceptors (Lipinski definition) is 6. The van der Waals surface area contributed by atoms with Gasteiger partial charge in [0.1, 0.15) is 9.96 Å². The lowest BCUT2D eigenvalue weighted by molar-refractivity contribution is -0.141. The summed E-state index contributed by atoms with van der Waals surface area (Å²) in [4.78, 5) is 2.34. The Morgan fingerprint density at radius 3 is 2.50 bits per heavy atom. The smallest absolute Gasteiger partial charge is 0.435 e. The molecule has 0 bridgehead atoms. The minimum absolute atomic E-state index is 0.0119. The van der Waals surface area contributed by atoms with Gasteiger partial charge < -0.3 is 9.64 Å². The average molecular weight is 513 g/mol. The molecule has 0 aliphatic carbocycles. The summed E-state index contributed by atoms with van der Waals surface area (Å²) in [6.07, 6.45) is -3.10. The Kier molecular flexibility index (Phi) is 6.25. The summed E-state index contributed by atoms with van der Waals surface area (Å²) in [5.74, 6) is 0.689. The van der Waals surface area contributed by atoms with Crippen LogP contribution in [0.15, 0.2) is 46.8 Å². The van der Waals surface area contributed by atoms with Gasteiger partial charge in [-0.05, 0) is 57.4 Å². The molecular weight excluding hydrogens is 489 g/mol. The second-order valence-electron chi connectivity index (χ2n) is 7.92. The lowest BCUT2D eigenvalue weighted by atomic mass is 10.1. The van der Waals surface area contributed by atoms with Crippen molar-refractivity contribution in [2.75, 3.05) is 20.7 Å². The highest BCUT2D eigenvalue weighted by Gasteiger charge is 2.35. The van der Waals surface area contributed by atoms with Crippen LogP contribution in [-0.4, -0.2) is 47.8 Å². The van der Waals surface area contributed by atoms with E-state index < -0.39 is 21.9 Å². The van der Waals surface area contributed by atoms with Crippen LogP contribution in [0.5, 0.6) is 5.75 Å². The summed E-state index contributed by atoms with van der Waals surface area (Å²) in [5, 5.41) is 4.26. The van der Waals surface area contributed by atoms with Crippen LogP contribution in [0.4, 0.5) is 13.2 Å². The van der Waals surface area contributed by atoms with E-state index >= 15 is 0 Å². The van der Waals surface area contributed by atoms with Crippen molar-refractivity contribution in [2.45, 2.75) is 23.9 Å². The van der Waals surface area contributed by atoms with Gasteiger partial charge in [0.05, 0.1) is 22.7 Å². The number of ether oxygens (including phenoxy) is 1. The lowest BCUT2D eigenvalue weighted by Gasteiger charge is -2.16. The number of aromatic nitrogens is 3. The predicted octanol–water partition coefficient (Wildman–Crippen LogP) is 4.82. The van der Waals surface area contributed by atoms with E-state index in [9.17, 15) is 21.6 Å². The van der Waals surface area contributed by atoms with Gasteiger partial charge in [-0.2, -0.15) is 26.7 Å². The molecule has 0 fully saturated rings. The Morgan fingerprint density at radius 1 is 1.15 bits per heavy atom. The fourth-order valence-electron chi connectivity index (χ4n) is 3.74. The Morgan fingerprint density at radius 2 is 1.88 bits per heavy atom. The second-order valence-corrected chi connectivity index (χ2v) is 11.0. The molecule has 7 nitrogen and oxygen atoms in total. The summed E-state index contributed by atoms with van der Waals surface area (Å²) < 4.78 is 74.1. The van der Waals surface area contributed by atoms with E-state index in [0.29, 0.717) is 29.3 Å². The number of fused-ring (bicyclic) bond motifs is 1. The van der Waals surface area contributed by atoms with Crippen molar-refractivity contribution in [3.05, 3.63) is 53.9 Å². The van der Waals surface area contributed by atoms with Crippen molar-refractivity contribution in [3.8, 4) is 16.3 Å². The van der Waals surface area contributed by atoms with Crippen LogP contribution in [-0.2, 0) is 29.8 Å². The van der Waals surface area contributed by atoms with Crippen LogP contribution in [0, 0.1) is 0 Å². The van der Waals surface area contributed by atoms with Crippen LogP contribution in [0.2, 0.25) is 0 Å². The van der Waals surface area contributed by atoms with Gasteiger partial charge >= 0.3 is 6.18 Å². The quantitative estimate of drug-likeness (QED) is 0.355. The highest BCUT2D eigenvalue weighted by Crippen LogP contribution is 2.37. The Bertz CT molecular complexity index is 1450. The van der Waals surface area contributed by atoms with Crippen LogP contribution < -0.4 is 4.74 Å². The predicted molar refractivity (Wildman–Crippen MR) is 125 cm³/mol. The van der Waals surface area contributed by atoms with Crippen molar-refractivity contribution in [1.29, 1.82) is 0 Å². The van der Waals surface area contributed by atoms with Gasteiger partial charge in [0.15, 0.2) is 5.69 Å². The Labute approximate surface area is 199 Å². The molecule has 0 saturated carbocycles. The van der Waals surface area contributed by atoms with Gasteiger partial charge in [0, 0.05) is 30.7 Å². The van der Waals surface area contributed by atoms with E-state index in [1.807, 2.05) is 25.9 Å². The standard InChI is InChI=1S/C22H23F3N4O3S2/c1-5-32-18-7-6-16-14(15(18)13-27(2)3)10-11-29(16)34(30,31)21-9-8-19(33-21)17-12-20(22(23,24)25)26-28(17)4/h6-12H,5,13H2,1-4H3. The number of hydrogen-bond donors (Lipinski definition) is 0. The second kappa shape index (κ2) is 8.75. The maximum absolute atomic E-state index is 13.5. The van der Waals surface area contributed by atoms with Crippen LogP contribution in [0.1, 0.15) is 18.2 Å². The average Bonchev–Trinajstić information content (AvgIpc) is 3.46. The molecule has 182 valence electrons. The van der Waals surface area contributed by atoms with E-state index in [4.69, 9.17) is 4.74 Å². The van der Waals surface area contributed by atoms with Gasteiger partial charge in [0.2, 0.25) is 0 Å². The molecule has 0 saturated heterocycles. The molecule has 0 atom stereocenters. The summed E-state index contributed by atoms with van der Waals surface area (Å²) >= 11 is 0.894. The minimum atomic E-state index is -4.59. The zero-order valence-corrected chi connectivity index (χ0v) is 20.6. The number of benzene rings is 1. The van der Waals surface area contributed by atoms with E-state index in [2.05, 4.69) is 5.10 Å². The van der Waals surface area contributed by atoms with Gasteiger partial charge in [-0.25, -0.2) is 3.97 Å². The van der Waals surface area contributed by atoms with Gasteiger partial charge in [-0.1, -0.05) is 0 Å². The van der Waals surface area contributed by atoms with Crippen molar-refractivity contribution in [3.63, 3.8) is 0 Å². The lowest BCUT2D eigenvalue weighted by Crippen LogP contribution is -2.13. The van der Waals surface area contributed by atoms with Crippen molar-refractivity contribution in [1.82, 2.24) is 18.7 Å². The molecular formula is C22H23F3N4O3S2. The summed E-state index contributed by atoms with van der Waals surface area (Å²) in [6.45, 7) is 2.92. The summed E-state index contributed by atoms with van der Waals surface area (Å²) in [7, 11) is 1.23. The minimum Gasteiger partial charge on any atom is -0.494 e. The molecule has 0 aliphatic rings. The number of aryl methyl sites for hydroxylation is 1. The maximum atomic E-state index is 13.5. The van der Waals surface area contributed by atoms with E-state index in [0.717, 1.165) is 33.0 Å². The van der Waals surface area contributed by atoms with Crippen molar-refractivity contribution >= 4 is 32.3 Å². The van der Waals surface area contributed by atoms with E-state index in [-0.39, 0.29) is 9.90 Å². The Hall–Kier alpha value is -2.83. The normalized spacial score (nSPS) is 12.7. The number of rotatable bonds is 7. The third-order valence-electron chi connectivity index (χ3n) is 5.20. The molecule has 1 aromatic carbocycles. The van der Waals surface area contributed by atoms with Crippen LogP contribution in [0.3, 0.4) is 0 Å². The van der Waals surface area contributed by atoms with Crippen LogP contribution in [0.25, 0.3) is 21.5 Å². The number of thiophene rings is 1. The fourth-order valence-corrected chi connectivity index (χ4v) is 6.53. The number of halogens is 3. The Balaban J connectivity index is 1.77. The fraction of sp³-hybridized carbons (Fsp3) is 0.318. The molecule has 3 aromatic heterocycles. The summed E-state index contributed by atoms with van der Waals surface area (Å²) in [5.41, 5.74) is 0.526. The first-order valence-corrected chi connectivity index (χ1v) is 12.6. The first kappa shape index (κ1) is 24.3. The van der Waals surface area contributed by atoms with Crippen LogP contribution >= 0.6 is 11.3 Å². The van der Waals surface area contributed by atoms with Gasteiger partial charge in [0.25, 0.3) is 10.0 Å². The molecule has 0 aliphatic heterocycles. The monoisotopic (exact) mass is 512 g/mol. The van der Waals surface area contributed by atoms with Gasteiger partial charge in [-0.15, -0.1) is 11.3 Å². The SMILES string of the molecule is CCOc1ccc2c(ccn2S(=O)(=O)c2ccc(-c3cc(C(F)(F)F)nn3C)s2)c1CN(C)C. The van der Waals surface area contributed by atoms with Crippen molar-refractivity contribution in [2.24, 2.45) is 7.05 Å². The molecule has 4 aromatic rings. The van der Waals surface area contributed by atoms with Crippen molar-refractivity contribution < 1.29 is 26.3 Å². The third kappa shape index (κ3) is 4.32. The number of nitrogens with zero attached hydrogens (tertiary/aromatic N) is 4. The summed E-state index contributed by atoms with van der Waals surface area (Å²) in [6, 6.07) is 8.99. The molecule has 0 unspecified atom stereocenters. The highest BCUT2D eigenvalue weighted by atomic mass is 32.2. The molecule has 34 heavy (non-hydrogen) atoms. The molecule has 0 radical (unpaired) electrons. The molecule has 4 rings (SSSR count). The first-order valence-electron chi connectivity index (χ1n) is 10.3. The molecule has 12 heteroatoms. The third-order valence-corrected chi connectivity index (χ3v) is 8.46. The zero-order valence-electron chi connectivity index (χ0n) is 18.9.